The van der Waals surface area contributed by atoms with Crippen LogP contribution in [0.4, 0.5) is 5.82 Å². The van der Waals surface area contributed by atoms with Crippen LogP contribution in [-0.4, -0.2) is 149 Å². The van der Waals surface area contributed by atoms with E-state index < -0.39 is 89.7 Å². The molecule has 320 valence electrons. The standard InChI is InChI=1S/C35H52N4O17S/c1-19(51-31(45)21(3)53-32(46)22(4)52-30(44)20(2)50-24(6)41)29(43)39(34(8,9)10)16-26(54-33(47)23(5)55-35(11,18-40)56-25(7)42)17-49-28-27(36-57-37-28)38-12-14-48-15-13-38/h18-23,26H,12-17H2,1-11H3/t19-,20-,21-,22-,23-,26+,35+/m1/s1. The average molecular weight is 833 g/mol. The van der Waals surface area contributed by atoms with E-state index in [4.69, 9.17) is 42.6 Å². The highest BCUT2D eigenvalue weighted by molar-refractivity contribution is 6.99. The number of amides is 1. The maximum atomic E-state index is 13.9. The highest BCUT2D eigenvalue weighted by Crippen LogP contribution is 2.27. The smallest absolute Gasteiger partial charge is 0.347 e. The second-order valence-corrected chi connectivity index (χ2v) is 14.5. The van der Waals surface area contributed by atoms with E-state index in [0.29, 0.717) is 32.1 Å². The number of carbonyl (C=O) groups excluding carboxylic acids is 8. The van der Waals surface area contributed by atoms with Gasteiger partial charge in [-0.15, -0.1) is 4.37 Å². The van der Waals surface area contributed by atoms with Gasteiger partial charge in [-0.05, 0) is 55.4 Å². The first-order valence-electron chi connectivity index (χ1n) is 17.9. The number of aldehydes is 1. The summed E-state index contributed by atoms with van der Waals surface area (Å²) in [5.41, 5.74) is -0.988. The number of morpholine rings is 1. The molecular formula is C35H52N4O17S. The van der Waals surface area contributed by atoms with Gasteiger partial charge in [0.2, 0.25) is 5.82 Å². The zero-order chi connectivity index (χ0) is 43.2. The third-order valence-corrected chi connectivity index (χ3v) is 8.27. The molecule has 1 aliphatic heterocycles. The van der Waals surface area contributed by atoms with E-state index in [1.54, 1.807) is 20.8 Å². The first-order valence-corrected chi connectivity index (χ1v) is 18.6. The van der Waals surface area contributed by atoms with E-state index in [0.717, 1.165) is 32.5 Å². The maximum Gasteiger partial charge on any atom is 0.347 e. The van der Waals surface area contributed by atoms with Crippen LogP contribution in [0.5, 0.6) is 5.88 Å². The van der Waals surface area contributed by atoms with E-state index in [2.05, 4.69) is 8.75 Å². The molecule has 57 heavy (non-hydrogen) atoms. The summed E-state index contributed by atoms with van der Waals surface area (Å²) in [4.78, 5) is 102. The summed E-state index contributed by atoms with van der Waals surface area (Å²) >= 11 is 0.897. The number of esters is 6. The van der Waals surface area contributed by atoms with Crippen LogP contribution in [-0.2, 0) is 76.3 Å². The number of carbonyl (C=O) groups is 8. The Hall–Kier alpha value is -4.96. The van der Waals surface area contributed by atoms with Crippen molar-refractivity contribution < 1.29 is 81.0 Å². The number of ether oxygens (including phenoxy) is 9. The molecule has 0 saturated carbocycles. The molecule has 1 aromatic rings. The molecule has 1 saturated heterocycles. The fraction of sp³-hybridized carbons (Fsp3) is 0.714. The van der Waals surface area contributed by atoms with Crippen molar-refractivity contribution in [3.63, 3.8) is 0 Å². The van der Waals surface area contributed by atoms with E-state index in [-0.39, 0.29) is 25.3 Å². The Morgan fingerprint density at radius 2 is 1.26 bits per heavy atom. The Bertz CT molecular complexity index is 1590. The van der Waals surface area contributed by atoms with Gasteiger partial charge < -0.3 is 52.4 Å². The second kappa shape index (κ2) is 21.5. The molecule has 2 heterocycles. The van der Waals surface area contributed by atoms with Crippen molar-refractivity contribution in [3.05, 3.63) is 0 Å². The molecule has 1 fully saturated rings. The summed E-state index contributed by atoms with van der Waals surface area (Å²) in [6, 6.07) is 0. The minimum absolute atomic E-state index is 0.137. The minimum Gasteiger partial charge on any atom is -0.470 e. The van der Waals surface area contributed by atoms with Crippen LogP contribution in [0.25, 0.3) is 0 Å². The Morgan fingerprint density at radius 1 is 0.754 bits per heavy atom. The van der Waals surface area contributed by atoms with Crippen LogP contribution in [0.3, 0.4) is 0 Å². The lowest BCUT2D eigenvalue weighted by Gasteiger charge is -2.39. The molecule has 22 heteroatoms. The van der Waals surface area contributed by atoms with Crippen LogP contribution in [0.2, 0.25) is 0 Å². The van der Waals surface area contributed by atoms with Gasteiger partial charge in [0.25, 0.3) is 17.6 Å². The summed E-state index contributed by atoms with van der Waals surface area (Å²) in [5, 5.41) is 0. The molecule has 21 nitrogen and oxygen atoms in total. The zero-order valence-corrected chi connectivity index (χ0v) is 34.7. The predicted octanol–water partition coefficient (Wildman–Crippen LogP) is 0.922. The van der Waals surface area contributed by atoms with Gasteiger partial charge in [0.1, 0.15) is 6.61 Å². The third-order valence-electron chi connectivity index (χ3n) is 7.77. The highest BCUT2D eigenvalue weighted by atomic mass is 32.1. The summed E-state index contributed by atoms with van der Waals surface area (Å²) in [6.07, 6.45) is -8.30. The Balaban J connectivity index is 2.24. The fourth-order valence-corrected chi connectivity index (χ4v) is 5.44. The lowest BCUT2D eigenvalue weighted by molar-refractivity contribution is -0.229. The molecule has 7 atom stereocenters. The van der Waals surface area contributed by atoms with E-state index in [9.17, 15) is 38.4 Å². The first-order chi connectivity index (χ1) is 26.5. The first kappa shape index (κ1) is 48.2. The van der Waals surface area contributed by atoms with Crippen molar-refractivity contribution >= 4 is 65.6 Å². The molecule has 1 aromatic heterocycles. The Morgan fingerprint density at radius 3 is 1.75 bits per heavy atom. The predicted molar refractivity (Wildman–Crippen MR) is 194 cm³/mol. The molecule has 1 aliphatic rings. The van der Waals surface area contributed by atoms with Crippen molar-refractivity contribution in [2.45, 2.75) is 124 Å². The number of hydrogen-bond donors (Lipinski definition) is 0. The second-order valence-electron chi connectivity index (χ2n) is 14.0. The summed E-state index contributed by atoms with van der Waals surface area (Å²) < 4.78 is 56.1. The van der Waals surface area contributed by atoms with Gasteiger partial charge >= 0.3 is 35.8 Å². The molecule has 0 spiro atoms. The largest absolute Gasteiger partial charge is 0.470 e. The molecule has 0 unspecified atom stereocenters. The van der Waals surface area contributed by atoms with Crippen molar-refractivity contribution in [3.8, 4) is 5.88 Å². The van der Waals surface area contributed by atoms with Crippen LogP contribution < -0.4 is 9.64 Å². The van der Waals surface area contributed by atoms with Gasteiger partial charge in [-0.3, -0.25) is 19.2 Å². The molecule has 0 aromatic carbocycles. The maximum absolute atomic E-state index is 13.9. The molecule has 1 amide bonds. The Labute approximate surface area is 334 Å². The normalized spacial score (nSPS) is 17.1. The molecule has 2 rings (SSSR count). The van der Waals surface area contributed by atoms with Gasteiger partial charge in [0.15, 0.2) is 42.9 Å². The van der Waals surface area contributed by atoms with E-state index in [1.165, 1.54) is 39.5 Å². The zero-order valence-electron chi connectivity index (χ0n) is 33.9. The van der Waals surface area contributed by atoms with E-state index in [1.807, 2.05) is 4.90 Å². The number of aromatic nitrogens is 2. The topological polar surface area (TPSA) is 252 Å². The lowest BCUT2D eigenvalue weighted by atomic mass is 10.0. The number of nitrogens with zero attached hydrogens (tertiary/aromatic N) is 4. The molecule has 0 radical (unpaired) electrons. The summed E-state index contributed by atoms with van der Waals surface area (Å²) in [7, 11) is 0. The van der Waals surface area contributed by atoms with Crippen molar-refractivity contribution in [1.29, 1.82) is 0 Å². The monoisotopic (exact) mass is 832 g/mol. The summed E-state index contributed by atoms with van der Waals surface area (Å²) in [6.45, 7) is 15.8. The highest BCUT2D eigenvalue weighted by Gasteiger charge is 2.39. The lowest BCUT2D eigenvalue weighted by Crippen LogP contribution is -2.55. The van der Waals surface area contributed by atoms with Crippen LogP contribution >= 0.6 is 11.7 Å². The quantitative estimate of drug-likeness (QED) is 0.0766. The number of hydrogen-bond acceptors (Lipinski definition) is 21. The SMILES string of the molecule is CC(=O)O[C@H](C)C(=O)O[C@H](C)C(=O)O[C@H](C)C(=O)O[C@H](C)C(=O)N(C[C@@H](COc1nsnc1N1CCOCC1)OC(=O)[C@@H](C)O[C@](C)(C=O)OC(C)=O)C(C)(C)C. The fourth-order valence-electron chi connectivity index (χ4n) is 4.92. The summed E-state index contributed by atoms with van der Waals surface area (Å²) in [5.74, 6) is -8.11. The Kier molecular flexibility index (Phi) is 18.2. The molecule has 0 bridgehead atoms. The minimum atomic E-state index is -2.11. The number of anilines is 1. The molecule has 0 aliphatic carbocycles. The van der Waals surface area contributed by atoms with Crippen molar-refractivity contribution in [2.24, 2.45) is 0 Å². The van der Waals surface area contributed by atoms with Gasteiger partial charge in [0.05, 0.1) is 31.5 Å². The van der Waals surface area contributed by atoms with Gasteiger partial charge in [-0.25, -0.2) is 19.2 Å². The molecular weight excluding hydrogens is 780 g/mol. The van der Waals surface area contributed by atoms with Crippen LogP contribution in [0, 0.1) is 0 Å². The van der Waals surface area contributed by atoms with Gasteiger partial charge in [0, 0.05) is 39.4 Å². The van der Waals surface area contributed by atoms with Crippen LogP contribution in [0.15, 0.2) is 0 Å². The van der Waals surface area contributed by atoms with Crippen LogP contribution in [0.1, 0.15) is 76.2 Å². The third kappa shape index (κ3) is 15.5. The van der Waals surface area contributed by atoms with Gasteiger partial charge in [-0.1, -0.05) is 0 Å². The van der Waals surface area contributed by atoms with E-state index >= 15 is 0 Å². The average Bonchev–Trinajstić information content (AvgIpc) is 3.60. The van der Waals surface area contributed by atoms with Crippen molar-refractivity contribution in [2.75, 3.05) is 44.4 Å². The van der Waals surface area contributed by atoms with Gasteiger partial charge in [-0.2, -0.15) is 4.37 Å². The number of rotatable bonds is 20. The molecule has 0 N–H and O–H groups in total. The van der Waals surface area contributed by atoms with Crippen molar-refractivity contribution in [1.82, 2.24) is 13.6 Å².